The highest BCUT2D eigenvalue weighted by atomic mass is 16.1. The molecular formula is C15H13NO. The van der Waals surface area contributed by atoms with Crippen LogP contribution in [-0.4, -0.2) is 12.8 Å². The minimum Gasteiger partial charge on any atom is -0.388 e. The maximum absolute atomic E-state index is 12.3. The number of ketones is 1. The van der Waals surface area contributed by atoms with Crippen LogP contribution in [0, 0.1) is 0 Å². The number of anilines is 1. The number of carbonyl (C=O) groups is 1. The maximum atomic E-state index is 12.3. The highest BCUT2D eigenvalue weighted by Gasteiger charge is 2.24. The molecule has 3 rings (SSSR count). The van der Waals surface area contributed by atoms with Gasteiger partial charge in [0.2, 0.25) is 0 Å². The summed E-state index contributed by atoms with van der Waals surface area (Å²) in [6.07, 6.45) is 0.828. The molecule has 2 nitrogen and oxygen atoms in total. The Hall–Kier alpha value is -2.09. The van der Waals surface area contributed by atoms with Gasteiger partial charge in [0, 0.05) is 30.3 Å². The largest absolute Gasteiger partial charge is 0.388 e. The highest BCUT2D eigenvalue weighted by Crippen LogP contribution is 2.31. The van der Waals surface area contributed by atoms with E-state index in [1.54, 1.807) is 0 Å². The van der Waals surface area contributed by atoms with Gasteiger partial charge in [-0.1, -0.05) is 36.4 Å². The van der Waals surface area contributed by atoms with E-state index < -0.39 is 0 Å². The van der Waals surface area contributed by atoms with Gasteiger partial charge in [0.15, 0.2) is 5.78 Å². The minimum atomic E-state index is 0.138. The van der Waals surface area contributed by atoms with Crippen molar-refractivity contribution in [1.29, 1.82) is 0 Å². The molecule has 0 spiro atoms. The van der Waals surface area contributed by atoms with Crippen LogP contribution in [0.15, 0.2) is 42.5 Å². The summed E-state index contributed by atoms with van der Waals surface area (Å²) in [5, 5.41) is 3.15. The number of fused-ring (bicyclic) bond motifs is 2. The number of rotatable bonds is 1. The van der Waals surface area contributed by atoms with E-state index >= 15 is 0 Å². The van der Waals surface area contributed by atoms with Gasteiger partial charge >= 0.3 is 0 Å². The highest BCUT2D eigenvalue weighted by molar-refractivity contribution is 6.13. The lowest BCUT2D eigenvalue weighted by atomic mass is 9.84. The second-order valence-electron chi connectivity index (χ2n) is 4.24. The van der Waals surface area contributed by atoms with Crippen LogP contribution in [0.4, 0.5) is 5.69 Å². The molecule has 17 heavy (non-hydrogen) atoms. The predicted octanol–water partition coefficient (Wildman–Crippen LogP) is 2.86. The summed E-state index contributed by atoms with van der Waals surface area (Å²) in [4.78, 5) is 12.3. The van der Waals surface area contributed by atoms with Gasteiger partial charge in [-0.3, -0.25) is 4.79 Å². The van der Waals surface area contributed by atoms with Crippen molar-refractivity contribution in [2.45, 2.75) is 6.42 Å². The van der Waals surface area contributed by atoms with E-state index in [-0.39, 0.29) is 5.78 Å². The van der Waals surface area contributed by atoms with Gasteiger partial charge in [0.25, 0.3) is 0 Å². The maximum Gasteiger partial charge on any atom is 0.193 e. The molecule has 84 valence electrons. The lowest BCUT2D eigenvalue weighted by Gasteiger charge is -2.20. The van der Waals surface area contributed by atoms with Gasteiger partial charge < -0.3 is 5.32 Å². The molecule has 1 aliphatic carbocycles. The fraction of sp³-hybridized carbons (Fsp3) is 0.133. The Morgan fingerprint density at radius 2 is 1.76 bits per heavy atom. The van der Waals surface area contributed by atoms with Crippen molar-refractivity contribution in [3.05, 3.63) is 64.7 Å². The van der Waals surface area contributed by atoms with Crippen molar-refractivity contribution in [2.24, 2.45) is 0 Å². The van der Waals surface area contributed by atoms with Crippen LogP contribution < -0.4 is 5.32 Å². The summed E-state index contributed by atoms with van der Waals surface area (Å²) in [5.41, 5.74) is 4.94. The smallest absolute Gasteiger partial charge is 0.193 e. The zero-order valence-electron chi connectivity index (χ0n) is 9.66. The minimum absolute atomic E-state index is 0.138. The first kappa shape index (κ1) is 10.1. The van der Waals surface area contributed by atoms with Gasteiger partial charge in [-0.05, 0) is 17.2 Å². The number of benzene rings is 2. The third kappa shape index (κ3) is 1.45. The lowest BCUT2D eigenvalue weighted by molar-refractivity contribution is 0.103. The SMILES string of the molecule is CNc1cccc2c1Cc1ccccc1C2=O. The molecule has 1 aliphatic rings. The summed E-state index contributed by atoms with van der Waals surface area (Å²) in [7, 11) is 1.89. The molecule has 0 atom stereocenters. The Morgan fingerprint density at radius 1 is 1.00 bits per heavy atom. The van der Waals surface area contributed by atoms with Crippen LogP contribution in [-0.2, 0) is 6.42 Å². The second kappa shape index (κ2) is 3.74. The number of hydrogen-bond donors (Lipinski definition) is 1. The lowest BCUT2D eigenvalue weighted by Crippen LogP contribution is -2.16. The summed E-state index contributed by atoms with van der Waals surface area (Å²) >= 11 is 0. The quantitative estimate of drug-likeness (QED) is 0.687. The number of hydrogen-bond acceptors (Lipinski definition) is 2. The topological polar surface area (TPSA) is 29.1 Å². The molecule has 0 amide bonds. The van der Waals surface area contributed by atoms with Gasteiger partial charge in [-0.25, -0.2) is 0 Å². The normalized spacial score (nSPS) is 12.9. The first-order chi connectivity index (χ1) is 8.31. The molecule has 2 aromatic carbocycles. The fourth-order valence-corrected chi connectivity index (χ4v) is 2.46. The third-order valence-corrected chi connectivity index (χ3v) is 3.32. The Morgan fingerprint density at radius 3 is 2.59 bits per heavy atom. The molecule has 0 aromatic heterocycles. The van der Waals surface area contributed by atoms with Crippen LogP contribution in [0.2, 0.25) is 0 Å². The molecule has 2 heteroatoms. The number of nitrogens with one attached hydrogen (secondary N) is 1. The zero-order valence-corrected chi connectivity index (χ0v) is 9.66. The van der Waals surface area contributed by atoms with Crippen LogP contribution in [0.5, 0.6) is 0 Å². The standard InChI is InChI=1S/C15H13NO/c1-16-14-8-4-7-12-13(14)9-10-5-2-3-6-11(10)15(12)17/h2-8,16H,9H2,1H3. The van der Waals surface area contributed by atoms with E-state index in [4.69, 9.17) is 0 Å². The fourth-order valence-electron chi connectivity index (χ4n) is 2.46. The Bertz CT molecular complexity index is 602. The van der Waals surface area contributed by atoms with Crippen molar-refractivity contribution in [3.8, 4) is 0 Å². The molecule has 0 fully saturated rings. The van der Waals surface area contributed by atoms with Crippen molar-refractivity contribution in [2.75, 3.05) is 12.4 Å². The summed E-state index contributed by atoms with van der Waals surface area (Å²) < 4.78 is 0. The molecular weight excluding hydrogens is 210 g/mol. The van der Waals surface area contributed by atoms with E-state index in [1.807, 2.05) is 49.5 Å². The molecule has 0 bridgehead atoms. The molecule has 0 saturated carbocycles. The van der Waals surface area contributed by atoms with Crippen LogP contribution in [0.1, 0.15) is 27.0 Å². The first-order valence-electron chi connectivity index (χ1n) is 5.73. The molecule has 0 unspecified atom stereocenters. The van der Waals surface area contributed by atoms with E-state index in [2.05, 4.69) is 5.32 Å². The van der Waals surface area contributed by atoms with Crippen LogP contribution in [0.25, 0.3) is 0 Å². The molecule has 2 aromatic rings. The Balaban J connectivity index is 2.23. The van der Waals surface area contributed by atoms with Gasteiger partial charge in [0.1, 0.15) is 0 Å². The van der Waals surface area contributed by atoms with Gasteiger partial charge in [-0.2, -0.15) is 0 Å². The van der Waals surface area contributed by atoms with E-state index in [1.165, 1.54) is 0 Å². The van der Waals surface area contributed by atoms with Crippen molar-refractivity contribution in [3.63, 3.8) is 0 Å². The van der Waals surface area contributed by atoms with Crippen molar-refractivity contribution < 1.29 is 4.79 Å². The van der Waals surface area contributed by atoms with E-state index in [9.17, 15) is 4.79 Å². The number of carbonyl (C=O) groups excluding carboxylic acids is 1. The molecule has 0 radical (unpaired) electrons. The average molecular weight is 223 g/mol. The van der Waals surface area contributed by atoms with Crippen LogP contribution >= 0.6 is 0 Å². The van der Waals surface area contributed by atoms with Crippen molar-refractivity contribution >= 4 is 11.5 Å². The second-order valence-corrected chi connectivity index (χ2v) is 4.24. The van der Waals surface area contributed by atoms with Crippen LogP contribution in [0.3, 0.4) is 0 Å². The molecule has 0 saturated heterocycles. The van der Waals surface area contributed by atoms with E-state index in [0.717, 1.165) is 34.4 Å². The Kier molecular flexibility index (Phi) is 2.22. The van der Waals surface area contributed by atoms with Gasteiger partial charge in [0.05, 0.1) is 0 Å². The van der Waals surface area contributed by atoms with Gasteiger partial charge in [-0.15, -0.1) is 0 Å². The molecule has 1 N–H and O–H groups in total. The predicted molar refractivity (Wildman–Crippen MR) is 68.7 cm³/mol. The monoisotopic (exact) mass is 223 g/mol. The summed E-state index contributed by atoms with van der Waals surface area (Å²) in [6.45, 7) is 0. The first-order valence-corrected chi connectivity index (χ1v) is 5.73. The molecule has 0 aliphatic heterocycles. The average Bonchev–Trinajstić information content (AvgIpc) is 2.38. The summed E-state index contributed by atoms with van der Waals surface area (Å²) in [5.74, 6) is 0.138. The zero-order chi connectivity index (χ0) is 11.8. The third-order valence-electron chi connectivity index (χ3n) is 3.32. The van der Waals surface area contributed by atoms with Crippen molar-refractivity contribution in [1.82, 2.24) is 0 Å². The summed E-state index contributed by atoms with van der Waals surface area (Å²) in [6, 6.07) is 13.7. The van der Waals surface area contributed by atoms with E-state index in [0.29, 0.717) is 0 Å². The Labute approximate surface area is 100 Å². The molecule has 0 heterocycles.